The Bertz CT molecular complexity index is 605. The highest BCUT2D eigenvalue weighted by molar-refractivity contribution is 5.64. The van der Waals surface area contributed by atoms with E-state index in [0.717, 1.165) is 17.5 Å². The third-order valence-electron chi connectivity index (χ3n) is 4.24. The van der Waals surface area contributed by atoms with Crippen molar-refractivity contribution in [2.45, 2.75) is 45.2 Å². The summed E-state index contributed by atoms with van der Waals surface area (Å²) < 4.78 is 37.1. The minimum Gasteiger partial charge on any atom is -0.171 e. The van der Waals surface area contributed by atoms with Crippen LogP contribution in [-0.4, -0.2) is 6.18 Å². The minimum absolute atomic E-state index is 0.134. The molecule has 2 aromatic rings. The third-order valence-corrected chi connectivity index (χ3v) is 4.24. The van der Waals surface area contributed by atoms with Crippen molar-refractivity contribution in [3.8, 4) is 11.1 Å². The Morgan fingerprint density at radius 1 is 0.773 bits per heavy atom. The van der Waals surface area contributed by atoms with Crippen LogP contribution in [0.4, 0.5) is 13.2 Å². The van der Waals surface area contributed by atoms with Gasteiger partial charge in [-0.25, -0.2) is 0 Å². The molecule has 0 saturated heterocycles. The average Bonchev–Trinajstić information content (AvgIpc) is 2.46. The van der Waals surface area contributed by atoms with Gasteiger partial charge < -0.3 is 0 Å². The summed E-state index contributed by atoms with van der Waals surface area (Å²) >= 11 is 0. The Labute approximate surface area is 130 Å². The minimum atomic E-state index is -4.16. The lowest BCUT2D eigenvalue weighted by atomic mass is 9.82. The van der Waals surface area contributed by atoms with Crippen LogP contribution in [0.5, 0.6) is 0 Å². The van der Waals surface area contributed by atoms with Crippen LogP contribution in [0.1, 0.15) is 38.3 Å². The quantitative estimate of drug-likeness (QED) is 0.636. The molecule has 3 heteroatoms. The molecule has 0 saturated carbocycles. The van der Waals surface area contributed by atoms with Crippen LogP contribution in [0.2, 0.25) is 0 Å². The molecule has 0 heterocycles. The van der Waals surface area contributed by atoms with Gasteiger partial charge in [-0.05, 0) is 34.1 Å². The lowest BCUT2D eigenvalue weighted by Crippen LogP contribution is -2.14. The van der Waals surface area contributed by atoms with Gasteiger partial charge in [0.05, 0.1) is 6.42 Å². The topological polar surface area (TPSA) is 0 Å². The molecule has 2 rings (SSSR count). The highest BCUT2D eigenvalue weighted by Crippen LogP contribution is 2.29. The predicted octanol–water partition coefficient (Wildman–Crippen LogP) is 6.15. The van der Waals surface area contributed by atoms with Crippen LogP contribution in [-0.2, 0) is 11.8 Å². The maximum absolute atomic E-state index is 12.4. The van der Waals surface area contributed by atoms with E-state index in [9.17, 15) is 13.2 Å². The first-order chi connectivity index (χ1) is 10.2. The molecule has 0 aliphatic rings. The monoisotopic (exact) mass is 306 g/mol. The Balaban J connectivity index is 2.19. The molecule has 0 aromatic heterocycles. The van der Waals surface area contributed by atoms with Gasteiger partial charge in [-0.2, -0.15) is 13.2 Å². The van der Waals surface area contributed by atoms with Gasteiger partial charge >= 0.3 is 6.18 Å². The van der Waals surface area contributed by atoms with Crippen LogP contribution in [0, 0.1) is 0 Å². The zero-order valence-corrected chi connectivity index (χ0v) is 13.2. The maximum atomic E-state index is 12.4. The van der Waals surface area contributed by atoms with Crippen LogP contribution < -0.4 is 0 Å². The number of halogens is 3. The number of alkyl halides is 3. The second-order valence-electron chi connectivity index (χ2n) is 6.30. The van der Waals surface area contributed by atoms with E-state index in [1.165, 1.54) is 5.56 Å². The van der Waals surface area contributed by atoms with Crippen LogP contribution in [0.3, 0.4) is 0 Å². The summed E-state index contributed by atoms with van der Waals surface area (Å²) in [6, 6.07) is 14.9. The van der Waals surface area contributed by atoms with Gasteiger partial charge in [0.2, 0.25) is 0 Å². The highest BCUT2D eigenvalue weighted by Gasteiger charge is 2.27. The normalized spacial score (nSPS) is 12.5. The van der Waals surface area contributed by atoms with E-state index in [-0.39, 0.29) is 5.41 Å². The molecule has 2 aromatic carbocycles. The fraction of sp³-hybridized carbons (Fsp3) is 0.368. The van der Waals surface area contributed by atoms with Gasteiger partial charge in [-0.1, -0.05) is 69.3 Å². The van der Waals surface area contributed by atoms with E-state index in [2.05, 4.69) is 32.9 Å². The lowest BCUT2D eigenvalue weighted by Gasteiger charge is -2.23. The molecule has 0 aliphatic carbocycles. The molecule has 0 bridgehead atoms. The van der Waals surface area contributed by atoms with E-state index >= 15 is 0 Å². The molecule has 0 N–H and O–H groups in total. The molecule has 0 unspecified atom stereocenters. The van der Waals surface area contributed by atoms with Crippen LogP contribution >= 0.6 is 0 Å². The van der Waals surface area contributed by atoms with Gasteiger partial charge in [-0.15, -0.1) is 0 Å². The fourth-order valence-electron chi connectivity index (χ4n) is 2.36. The Morgan fingerprint density at radius 3 is 1.64 bits per heavy atom. The number of hydrogen-bond acceptors (Lipinski definition) is 0. The molecular formula is C19H21F3. The Morgan fingerprint density at radius 2 is 1.23 bits per heavy atom. The maximum Gasteiger partial charge on any atom is 0.393 e. The zero-order chi connectivity index (χ0) is 16.4. The molecule has 22 heavy (non-hydrogen) atoms. The molecule has 118 valence electrons. The zero-order valence-electron chi connectivity index (χ0n) is 13.2. The smallest absolute Gasteiger partial charge is 0.171 e. The lowest BCUT2D eigenvalue weighted by molar-refractivity contribution is -0.127. The summed E-state index contributed by atoms with van der Waals surface area (Å²) in [5, 5.41) is 0. The summed E-state index contributed by atoms with van der Waals surface area (Å²) in [6.07, 6.45) is -3.98. The van der Waals surface area contributed by atoms with Crippen molar-refractivity contribution in [2.24, 2.45) is 0 Å². The standard InChI is InChI=1S/C19H21F3/c1-4-18(2,3)17-11-9-16(10-12-17)15-7-5-14(6-8-15)13-19(20,21)22/h5-12H,4,13H2,1-3H3. The average molecular weight is 306 g/mol. The van der Waals surface area contributed by atoms with E-state index in [1.54, 1.807) is 24.3 Å². The third kappa shape index (κ3) is 4.12. The first-order valence-electron chi connectivity index (χ1n) is 7.48. The fourth-order valence-corrected chi connectivity index (χ4v) is 2.36. The summed E-state index contributed by atoms with van der Waals surface area (Å²) in [5.74, 6) is 0. The predicted molar refractivity (Wildman–Crippen MR) is 85.0 cm³/mol. The summed E-state index contributed by atoms with van der Waals surface area (Å²) in [4.78, 5) is 0. The molecule has 0 aliphatic heterocycles. The molecule has 0 spiro atoms. The van der Waals surface area contributed by atoms with E-state index < -0.39 is 12.6 Å². The van der Waals surface area contributed by atoms with Crippen molar-refractivity contribution in [3.05, 3.63) is 59.7 Å². The van der Waals surface area contributed by atoms with E-state index in [4.69, 9.17) is 0 Å². The second kappa shape index (κ2) is 6.15. The number of rotatable bonds is 4. The Kier molecular flexibility index (Phi) is 4.64. The molecule has 0 radical (unpaired) electrons. The summed E-state index contributed by atoms with van der Waals surface area (Å²) in [7, 11) is 0. The molecule has 0 amide bonds. The van der Waals surface area contributed by atoms with Gasteiger partial charge in [0.15, 0.2) is 0 Å². The van der Waals surface area contributed by atoms with Crippen LogP contribution in [0.15, 0.2) is 48.5 Å². The molecule has 0 fully saturated rings. The summed E-state index contributed by atoms with van der Waals surface area (Å²) in [6.45, 7) is 6.56. The van der Waals surface area contributed by atoms with Crippen molar-refractivity contribution in [3.63, 3.8) is 0 Å². The van der Waals surface area contributed by atoms with Gasteiger partial charge in [-0.3, -0.25) is 0 Å². The van der Waals surface area contributed by atoms with Gasteiger partial charge in [0.25, 0.3) is 0 Å². The SMILES string of the molecule is CCC(C)(C)c1ccc(-c2ccc(CC(F)(F)F)cc2)cc1. The van der Waals surface area contributed by atoms with Gasteiger partial charge in [0, 0.05) is 0 Å². The van der Waals surface area contributed by atoms with Crippen molar-refractivity contribution in [2.75, 3.05) is 0 Å². The first kappa shape index (κ1) is 16.6. The molecular weight excluding hydrogens is 285 g/mol. The van der Waals surface area contributed by atoms with E-state index in [1.807, 2.05) is 12.1 Å². The van der Waals surface area contributed by atoms with Crippen LogP contribution in [0.25, 0.3) is 11.1 Å². The van der Waals surface area contributed by atoms with Crippen molar-refractivity contribution in [1.82, 2.24) is 0 Å². The van der Waals surface area contributed by atoms with Crippen molar-refractivity contribution in [1.29, 1.82) is 0 Å². The Hall–Kier alpha value is -1.77. The summed E-state index contributed by atoms with van der Waals surface area (Å²) in [5.41, 5.74) is 3.66. The first-order valence-corrected chi connectivity index (χ1v) is 7.48. The van der Waals surface area contributed by atoms with Crippen molar-refractivity contribution >= 4 is 0 Å². The second-order valence-corrected chi connectivity index (χ2v) is 6.30. The number of hydrogen-bond donors (Lipinski definition) is 0. The van der Waals surface area contributed by atoms with E-state index in [0.29, 0.717) is 5.56 Å². The highest BCUT2D eigenvalue weighted by atomic mass is 19.4. The van der Waals surface area contributed by atoms with Crippen molar-refractivity contribution < 1.29 is 13.2 Å². The van der Waals surface area contributed by atoms with Gasteiger partial charge in [0.1, 0.15) is 0 Å². The largest absolute Gasteiger partial charge is 0.393 e. The molecule has 0 atom stereocenters. The molecule has 0 nitrogen and oxygen atoms in total. The number of benzene rings is 2.